The van der Waals surface area contributed by atoms with Gasteiger partial charge in [-0.05, 0) is 19.9 Å². The number of nitrogens with two attached hydrogens (primary N) is 1. The van der Waals surface area contributed by atoms with Crippen molar-refractivity contribution in [3.63, 3.8) is 0 Å². The van der Waals surface area contributed by atoms with E-state index in [9.17, 15) is 0 Å². The van der Waals surface area contributed by atoms with E-state index >= 15 is 0 Å². The first-order valence-corrected chi connectivity index (χ1v) is 7.80. The van der Waals surface area contributed by atoms with Gasteiger partial charge in [-0.1, -0.05) is 50.6 Å². The van der Waals surface area contributed by atoms with Gasteiger partial charge in [0.2, 0.25) is 0 Å². The summed E-state index contributed by atoms with van der Waals surface area (Å²) in [5.74, 6) is 0.854. The second kappa shape index (κ2) is 6.88. The number of hydrogen-bond donors (Lipinski definition) is 2. The molecule has 2 aromatic rings. The van der Waals surface area contributed by atoms with Gasteiger partial charge in [0.25, 0.3) is 0 Å². The van der Waals surface area contributed by atoms with Crippen LogP contribution in [0.1, 0.15) is 38.6 Å². The summed E-state index contributed by atoms with van der Waals surface area (Å²) >= 11 is 0. The molecule has 0 aliphatic carbocycles. The van der Waals surface area contributed by atoms with Crippen molar-refractivity contribution in [1.29, 1.82) is 0 Å². The van der Waals surface area contributed by atoms with Gasteiger partial charge in [-0.2, -0.15) is 0 Å². The molecular weight excluding hydrogens is 272 g/mol. The molecule has 0 amide bonds. The maximum Gasteiger partial charge on any atom is 0.134 e. The normalized spacial score (nSPS) is 11.5. The lowest BCUT2D eigenvalue weighted by molar-refractivity contribution is 0.546. The van der Waals surface area contributed by atoms with E-state index in [-0.39, 0.29) is 5.41 Å². The highest BCUT2D eigenvalue weighted by molar-refractivity contribution is 5.73. The molecule has 0 unspecified atom stereocenters. The van der Waals surface area contributed by atoms with Crippen LogP contribution in [-0.2, 0) is 5.41 Å². The summed E-state index contributed by atoms with van der Waals surface area (Å²) < 4.78 is 0. The Labute approximate surface area is 133 Å². The fourth-order valence-corrected chi connectivity index (χ4v) is 2.13. The Morgan fingerprint density at radius 2 is 1.82 bits per heavy atom. The third kappa shape index (κ3) is 4.04. The van der Waals surface area contributed by atoms with E-state index in [0.717, 1.165) is 35.7 Å². The summed E-state index contributed by atoms with van der Waals surface area (Å²) in [6, 6.07) is 8.44. The molecule has 22 heavy (non-hydrogen) atoms. The van der Waals surface area contributed by atoms with E-state index in [4.69, 9.17) is 10.7 Å². The standard InChI is InChI=1S/C18H26N4/c1-13-6-8-14(9-7-13)16-15(20-11-5-10-19)12-21-17(22-16)18(2,3)4/h6-9,12,20H,5,10-11,19H2,1-4H3. The van der Waals surface area contributed by atoms with Crippen LogP contribution in [-0.4, -0.2) is 23.1 Å². The highest BCUT2D eigenvalue weighted by Crippen LogP contribution is 2.28. The minimum Gasteiger partial charge on any atom is -0.382 e. The molecule has 0 aliphatic heterocycles. The first-order chi connectivity index (χ1) is 10.4. The minimum absolute atomic E-state index is 0.0742. The first kappa shape index (κ1) is 16.4. The van der Waals surface area contributed by atoms with E-state index in [1.165, 1.54) is 5.56 Å². The fourth-order valence-electron chi connectivity index (χ4n) is 2.13. The summed E-state index contributed by atoms with van der Waals surface area (Å²) in [7, 11) is 0. The fraction of sp³-hybridized carbons (Fsp3) is 0.444. The second-order valence-electron chi connectivity index (χ2n) is 6.64. The number of anilines is 1. The summed E-state index contributed by atoms with van der Waals surface area (Å²) in [6.45, 7) is 9.97. The number of benzene rings is 1. The topological polar surface area (TPSA) is 63.8 Å². The van der Waals surface area contributed by atoms with Gasteiger partial charge in [-0.25, -0.2) is 9.97 Å². The van der Waals surface area contributed by atoms with Gasteiger partial charge in [0.1, 0.15) is 5.82 Å². The molecule has 0 atom stereocenters. The molecule has 0 aliphatic rings. The number of rotatable bonds is 5. The van der Waals surface area contributed by atoms with Crippen LogP contribution in [0.5, 0.6) is 0 Å². The summed E-state index contributed by atoms with van der Waals surface area (Å²) in [6.07, 6.45) is 2.81. The molecule has 3 N–H and O–H groups in total. The van der Waals surface area contributed by atoms with Crippen LogP contribution >= 0.6 is 0 Å². The van der Waals surface area contributed by atoms with E-state index in [2.05, 4.69) is 62.3 Å². The summed E-state index contributed by atoms with van der Waals surface area (Å²) in [5, 5.41) is 3.40. The van der Waals surface area contributed by atoms with Crippen LogP contribution in [0.4, 0.5) is 5.69 Å². The summed E-state index contributed by atoms with van der Waals surface area (Å²) in [4.78, 5) is 9.35. The molecule has 0 saturated carbocycles. The second-order valence-corrected chi connectivity index (χ2v) is 6.64. The number of aromatic nitrogens is 2. The zero-order valence-electron chi connectivity index (χ0n) is 14.0. The molecule has 0 saturated heterocycles. The van der Waals surface area contributed by atoms with Crippen LogP contribution in [0, 0.1) is 6.92 Å². The minimum atomic E-state index is -0.0742. The molecule has 0 bridgehead atoms. The Balaban J connectivity index is 2.42. The molecule has 4 nitrogen and oxygen atoms in total. The molecule has 2 rings (SSSR count). The quantitative estimate of drug-likeness (QED) is 0.829. The Hall–Kier alpha value is -1.94. The third-order valence-corrected chi connectivity index (χ3v) is 3.48. The highest BCUT2D eigenvalue weighted by atomic mass is 15.0. The highest BCUT2D eigenvalue weighted by Gasteiger charge is 2.19. The molecule has 0 fully saturated rings. The average molecular weight is 298 g/mol. The van der Waals surface area contributed by atoms with Crippen LogP contribution in [0.15, 0.2) is 30.5 Å². The lowest BCUT2D eigenvalue weighted by atomic mass is 9.95. The molecule has 1 aromatic carbocycles. The van der Waals surface area contributed by atoms with Gasteiger partial charge in [0.05, 0.1) is 17.6 Å². The zero-order chi connectivity index (χ0) is 16.2. The molecule has 1 heterocycles. The predicted octanol–water partition coefficient (Wildman–Crippen LogP) is 3.51. The SMILES string of the molecule is Cc1ccc(-c2nc(C(C)(C)C)ncc2NCCCN)cc1. The molecule has 118 valence electrons. The molecule has 0 spiro atoms. The number of nitrogens with one attached hydrogen (secondary N) is 1. The van der Waals surface area contributed by atoms with Crippen molar-refractivity contribution in [3.8, 4) is 11.3 Å². The predicted molar refractivity (Wildman–Crippen MR) is 93.1 cm³/mol. The van der Waals surface area contributed by atoms with Gasteiger partial charge in [0, 0.05) is 17.5 Å². The Morgan fingerprint density at radius 1 is 1.14 bits per heavy atom. The van der Waals surface area contributed by atoms with Gasteiger partial charge >= 0.3 is 0 Å². The van der Waals surface area contributed by atoms with Crippen LogP contribution < -0.4 is 11.1 Å². The maximum atomic E-state index is 5.57. The zero-order valence-corrected chi connectivity index (χ0v) is 14.0. The van der Waals surface area contributed by atoms with Gasteiger partial charge in [0.15, 0.2) is 0 Å². The first-order valence-electron chi connectivity index (χ1n) is 7.80. The molecule has 0 radical (unpaired) electrons. The monoisotopic (exact) mass is 298 g/mol. The molecule has 4 heteroatoms. The van der Waals surface area contributed by atoms with Crippen LogP contribution in [0.2, 0.25) is 0 Å². The Morgan fingerprint density at radius 3 is 2.41 bits per heavy atom. The lowest BCUT2D eigenvalue weighted by Gasteiger charge is -2.19. The third-order valence-electron chi connectivity index (χ3n) is 3.48. The van der Waals surface area contributed by atoms with Crippen molar-refractivity contribution in [2.75, 3.05) is 18.4 Å². The van der Waals surface area contributed by atoms with E-state index in [0.29, 0.717) is 6.54 Å². The van der Waals surface area contributed by atoms with Crippen molar-refractivity contribution in [2.24, 2.45) is 5.73 Å². The largest absolute Gasteiger partial charge is 0.382 e. The Kier molecular flexibility index (Phi) is 5.14. The van der Waals surface area contributed by atoms with E-state index in [1.54, 1.807) is 0 Å². The van der Waals surface area contributed by atoms with Crippen molar-refractivity contribution >= 4 is 5.69 Å². The van der Waals surface area contributed by atoms with Crippen LogP contribution in [0.25, 0.3) is 11.3 Å². The lowest BCUT2D eigenvalue weighted by Crippen LogP contribution is -2.17. The van der Waals surface area contributed by atoms with Gasteiger partial charge < -0.3 is 11.1 Å². The van der Waals surface area contributed by atoms with E-state index < -0.39 is 0 Å². The van der Waals surface area contributed by atoms with Crippen LogP contribution in [0.3, 0.4) is 0 Å². The smallest absolute Gasteiger partial charge is 0.134 e. The summed E-state index contributed by atoms with van der Waals surface area (Å²) in [5.41, 5.74) is 9.76. The Bertz CT molecular complexity index is 612. The van der Waals surface area contributed by atoms with Crippen molar-refractivity contribution in [1.82, 2.24) is 9.97 Å². The average Bonchev–Trinajstić information content (AvgIpc) is 2.47. The maximum absolute atomic E-state index is 5.57. The molecular formula is C18H26N4. The molecule has 1 aromatic heterocycles. The van der Waals surface area contributed by atoms with Crippen molar-refractivity contribution < 1.29 is 0 Å². The van der Waals surface area contributed by atoms with Gasteiger partial charge in [-0.3, -0.25) is 0 Å². The number of aryl methyl sites for hydroxylation is 1. The van der Waals surface area contributed by atoms with E-state index in [1.807, 2.05) is 6.20 Å². The number of hydrogen-bond acceptors (Lipinski definition) is 4. The van der Waals surface area contributed by atoms with Crippen molar-refractivity contribution in [2.45, 2.75) is 39.5 Å². The van der Waals surface area contributed by atoms with Crippen molar-refractivity contribution in [3.05, 3.63) is 41.9 Å². The van der Waals surface area contributed by atoms with Gasteiger partial charge in [-0.15, -0.1) is 0 Å². The number of nitrogens with zero attached hydrogens (tertiary/aromatic N) is 2.